The first kappa shape index (κ1) is 14.7. The summed E-state index contributed by atoms with van der Waals surface area (Å²) in [5.41, 5.74) is 0. The number of piperazine rings is 1. The molecule has 0 unspecified atom stereocenters. The molecule has 1 aliphatic heterocycles. The lowest BCUT2D eigenvalue weighted by molar-refractivity contribution is 0.0848. The van der Waals surface area contributed by atoms with Crippen LogP contribution in [0.25, 0.3) is 0 Å². The standard InChI is InChI=1S/C14H23N3OS/c1-15(2)5-6-16-7-9-17(10-8-16)12-13(18)14-4-3-11-19-14/h3-4,11H,5-10,12H2,1-2H3. The molecule has 1 aromatic rings. The summed E-state index contributed by atoms with van der Waals surface area (Å²) in [6.45, 7) is 6.96. The summed E-state index contributed by atoms with van der Waals surface area (Å²) in [7, 11) is 4.21. The van der Waals surface area contributed by atoms with Crippen LogP contribution in [0.1, 0.15) is 9.67 Å². The highest BCUT2D eigenvalue weighted by molar-refractivity contribution is 7.12. The Morgan fingerprint density at radius 3 is 2.53 bits per heavy atom. The quantitative estimate of drug-likeness (QED) is 0.730. The van der Waals surface area contributed by atoms with Crippen molar-refractivity contribution in [3.63, 3.8) is 0 Å². The summed E-state index contributed by atoms with van der Waals surface area (Å²) in [4.78, 5) is 19.9. The molecule has 0 aromatic carbocycles. The molecule has 19 heavy (non-hydrogen) atoms. The average Bonchev–Trinajstić information content (AvgIpc) is 2.92. The Morgan fingerprint density at radius 1 is 1.26 bits per heavy atom. The second kappa shape index (κ2) is 7.14. The third-order valence-corrected chi connectivity index (χ3v) is 4.40. The van der Waals surface area contributed by atoms with Gasteiger partial charge >= 0.3 is 0 Å². The number of carbonyl (C=O) groups excluding carboxylic acids is 1. The van der Waals surface area contributed by atoms with Gasteiger partial charge in [-0.25, -0.2) is 0 Å². The number of nitrogens with zero attached hydrogens (tertiary/aromatic N) is 3. The van der Waals surface area contributed by atoms with E-state index in [1.165, 1.54) is 11.3 Å². The molecule has 0 N–H and O–H groups in total. The summed E-state index contributed by atoms with van der Waals surface area (Å²) >= 11 is 1.54. The van der Waals surface area contributed by atoms with Crippen molar-refractivity contribution in [3.05, 3.63) is 22.4 Å². The number of carbonyl (C=O) groups is 1. The van der Waals surface area contributed by atoms with E-state index in [4.69, 9.17) is 0 Å². The van der Waals surface area contributed by atoms with Gasteiger partial charge in [0.2, 0.25) is 0 Å². The Labute approximate surface area is 119 Å². The summed E-state index contributed by atoms with van der Waals surface area (Å²) in [5, 5.41) is 1.96. The van der Waals surface area contributed by atoms with Crippen LogP contribution in [-0.4, -0.2) is 80.4 Å². The van der Waals surface area contributed by atoms with Crippen LogP contribution in [0, 0.1) is 0 Å². The van der Waals surface area contributed by atoms with Crippen molar-refractivity contribution in [3.8, 4) is 0 Å². The number of rotatable bonds is 6. The normalized spacial score (nSPS) is 18.1. The first-order chi connectivity index (χ1) is 9.15. The summed E-state index contributed by atoms with van der Waals surface area (Å²) < 4.78 is 0. The zero-order chi connectivity index (χ0) is 13.7. The van der Waals surface area contributed by atoms with E-state index in [1.54, 1.807) is 0 Å². The summed E-state index contributed by atoms with van der Waals surface area (Å²) in [6, 6.07) is 3.86. The van der Waals surface area contributed by atoms with Crippen LogP contribution >= 0.6 is 11.3 Å². The second-order valence-electron chi connectivity index (χ2n) is 5.32. The fraction of sp³-hybridized carbons (Fsp3) is 0.643. The van der Waals surface area contributed by atoms with Crippen molar-refractivity contribution in [1.29, 1.82) is 0 Å². The highest BCUT2D eigenvalue weighted by Crippen LogP contribution is 2.11. The van der Waals surface area contributed by atoms with Gasteiger partial charge in [-0.15, -0.1) is 11.3 Å². The molecular formula is C14H23N3OS. The number of ketones is 1. The van der Waals surface area contributed by atoms with Gasteiger partial charge in [-0.1, -0.05) is 6.07 Å². The van der Waals surface area contributed by atoms with Gasteiger partial charge in [0.1, 0.15) is 0 Å². The van der Waals surface area contributed by atoms with E-state index in [2.05, 4.69) is 28.8 Å². The Hall–Kier alpha value is -0.750. The molecular weight excluding hydrogens is 258 g/mol. The molecule has 106 valence electrons. The fourth-order valence-corrected chi connectivity index (χ4v) is 2.89. The third-order valence-electron chi connectivity index (χ3n) is 3.49. The van der Waals surface area contributed by atoms with E-state index >= 15 is 0 Å². The molecule has 0 aliphatic carbocycles. The number of thiophene rings is 1. The first-order valence-corrected chi connectivity index (χ1v) is 7.69. The van der Waals surface area contributed by atoms with Gasteiger partial charge in [0.05, 0.1) is 11.4 Å². The topological polar surface area (TPSA) is 26.8 Å². The molecule has 1 saturated heterocycles. The minimum atomic E-state index is 0.261. The van der Waals surface area contributed by atoms with Crippen LogP contribution in [0.15, 0.2) is 17.5 Å². The van der Waals surface area contributed by atoms with Gasteiger partial charge in [-0.2, -0.15) is 0 Å². The molecule has 0 atom stereocenters. The van der Waals surface area contributed by atoms with Gasteiger partial charge in [0.15, 0.2) is 5.78 Å². The molecule has 5 heteroatoms. The van der Waals surface area contributed by atoms with E-state index in [0.29, 0.717) is 6.54 Å². The Kier molecular flexibility index (Phi) is 5.51. The summed E-state index contributed by atoms with van der Waals surface area (Å²) in [6.07, 6.45) is 0. The first-order valence-electron chi connectivity index (χ1n) is 6.81. The molecule has 0 saturated carbocycles. The molecule has 2 rings (SSSR count). The fourth-order valence-electron chi connectivity index (χ4n) is 2.23. The van der Waals surface area contributed by atoms with Crippen molar-refractivity contribution >= 4 is 17.1 Å². The lowest BCUT2D eigenvalue weighted by Crippen LogP contribution is -2.49. The van der Waals surface area contributed by atoms with E-state index in [-0.39, 0.29) is 5.78 Å². The van der Waals surface area contributed by atoms with Crippen molar-refractivity contribution in [2.24, 2.45) is 0 Å². The summed E-state index contributed by atoms with van der Waals surface area (Å²) in [5.74, 6) is 0.261. The zero-order valence-corrected chi connectivity index (χ0v) is 12.7. The van der Waals surface area contributed by atoms with Crippen LogP contribution in [0.2, 0.25) is 0 Å². The van der Waals surface area contributed by atoms with Crippen LogP contribution in [-0.2, 0) is 0 Å². The molecule has 2 heterocycles. The maximum Gasteiger partial charge on any atom is 0.186 e. The van der Waals surface area contributed by atoms with Crippen molar-refractivity contribution in [1.82, 2.24) is 14.7 Å². The third kappa shape index (κ3) is 4.69. The average molecular weight is 281 g/mol. The Bertz CT molecular complexity index is 383. The maximum absolute atomic E-state index is 12.0. The van der Waals surface area contributed by atoms with Crippen molar-refractivity contribution < 1.29 is 4.79 Å². The van der Waals surface area contributed by atoms with E-state index in [1.807, 2.05) is 17.5 Å². The highest BCUT2D eigenvalue weighted by atomic mass is 32.1. The number of hydrogen-bond donors (Lipinski definition) is 0. The smallest absolute Gasteiger partial charge is 0.186 e. The van der Waals surface area contributed by atoms with Gasteiger partial charge in [-0.05, 0) is 25.5 Å². The maximum atomic E-state index is 12.0. The van der Waals surface area contributed by atoms with Crippen LogP contribution in [0.5, 0.6) is 0 Å². The van der Waals surface area contributed by atoms with Gasteiger partial charge in [0, 0.05) is 39.3 Å². The van der Waals surface area contributed by atoms with Crippen LogP contribution < -0.4 is 0 Å². The Morgan fingerprint density at radius 2 is 1.95 bits per heavy atom. The predicted octanol–water partition coefficient (Wildman–Crippen LogP) is 1.11. The molecule has 0 radical (unpaired) electrons. The predicted molar refractivity (Wildman–Crippen MR) is 80.1 cm³/mol. The molecule has 1 aliphatic rings. The SMILES string of the molecule is CN(C)CCN1CCN(CC(=O)c2cccs2)CC1. The highest BCUT2D eigenvalue weighted by Gasteiger charge is 2.19. The monoisotopic (exact) mass is 281 g/mol. The molecule has 0 spiro atoms. The molecule has 1 aromatic heterocycles. The Balaban J connectivity index is 1.70. The molecule has 0 bridgehead atoms. The number of Topliss-reactive ketones (excluding diaryl/α,β-unsaturated/α-hetero) is 1. The molecule has 1 fully saturated rings. The lowest BCUT2D eigenvalue weighted by Gasteiger charge is -2.34. The van der Waals surface area contributed by atoms with Crippen LogP contribution in [0.4, 0.5) is 0 Å². The van der Waals surface area contributed by atoms with Crippen molar-refractivity contribution in [2.75, 3.05) is 59.9 Å². The van der Waals surface area contributed by atoms with Gasteiger partial charge < -0.3 is 4.90 Å². The van der Waals surface area contributed by atoms with E-state index < -0.39 is 0 Å². The second-order valence-corrected chi connectivity index (χ2v) is 6.27. The van der Waals surface area contributed by atoms with E-state index in [0.717, 1.165) is 44.1 Å². The minimum Gasteiger partial charge on any atom is -0.308 e. The van der Waals surface area contributed by atoms with Gasteiger partial charge in [0.25, 0.3) is 0 Å². The van der Waals surface area contributed by atoms with Crippen LogP contribution in [0.3, 0.4) is 0 Å². The minimum absolute atomic E-state index is 0.261. The molecule has 0 amide bonds. The number of likely N-dealkylation sites (N-methyl/N-ethyl adjacent to an activating group) is 1. The van der Waals surface area contributed by atoms with Crippen molar-refractivity contribution in [2.45, 2.75) is 0 Å². The van der Waals surface area contributed by atoms with Gasteiger partial charge in [-0.3, -0.25) is 14.6 Å². The van der Waals surface area contributed by atoms with E-state index in [9.17, 15) is 4.79 Å². The largest absolute Gasteiger partial charge is 0.308 e. The number of hydrogen-bond acceptors (Lipinski definition) is 5. The zero-order valence-electron chi connectivity index (χ0n) is 11.8. The lowest BCUT2D eigenvalue weighted by atomic mass is 10.2. The molecule has 4 nitrogen and oxygen atoms in total.